The molecule has 0 aliphatic carbocycles. The van der Waals surface area contributed by atoms with Gasteiger partial charge in [-0.3, -0.25) is 14.5 Å². The monoisotopic (exact) mass is 368 g/mol. The number of hydrogen-bond acceptors (Lipinski definition) is 3. The molecule has 2 fully saturated rings. The molecule has 2 saturated heterocycles. The lowest BCUT2D eigenvalue weighted by Gasteiger charge is -2.41. The van der Waals surface area contributed by atoms with Crippen LogP contribution in [0.25, 0.3) is 0 Å². The highest BCUT2D eigenvalue weighted by Crippen LogP contribution is 2.25. The number of amides is 1. The van der Waals surface area contributed by atoms with Gasteiger partial charge in [0.25, 0.3) is 5.91 Å². The number of likely N-dealkylation sites (tertiary alicyclic amines) is 2. The standard InChI is InChI=1S/C18H22ClFN2O3/c19-15-4-3-12(10-16(15)20)17(23)21-8-5-14(6-9-21)22-7-1-2-13(11-22)18(24)25/h3-4,10,13-14H,1-2,5-9,11H2,(H,24,25)/t13-/m0/s1. The third kappa shape index (κ3) is 4.12. The molecule has 0 bridgehead atoms. The minimum atomic E-state index is -0.720. The van der Waals surface area contributed by atoms with Crippen molar-refractivity contribution in [3.05, 3.63) is 34.6 Å². The number of nitrogens with zero attached hydrogens (tertiary/aromatic N) is 2. The van der Waals surface area contributed by atoms with Crippen molar-refractivity contribution in [1.29, 1.82) is 0 Å². The normalized spacial score (nSPS) is 22.8. The Morgan fingerprint density at radius 1 is 1.16 bits per heavy atom. The molecule has 2 heterocycles. The molecule has 1 aromatic rings. The lowest BCUT2D eigenvalue weighted by Crippen LogP contribution is -2.50. The summed E-state index contributed by atoms with van der Waals surface area (Å²) in [6.07, 6.45) is 3.27. The summed E-state index contributed by atoms with van der Waals surface area (Å²) in [6, 6.07) is 4.44. The second kappa shape index (κ2) is 7.70. The van der Waals surface area contributed by atoms with Crippen LogP contribution in [-0.4, -0.2) is 59.0 Å². The van der Waals surface area contributed by atoms with E-state index in [1.807, 2.05) is 0 Å². The average molecular weight is 369 g/mol. The van der Waals surface area contributed by atoms with E-state index in [1.54, 1.807) is 11.0 Å². The molecule has 0 radical (unpaired) electrons. The average Bonchev–Trinajstić information content (AvgIpc) is 2.63. The zero-order chi connectivity index (χ0) is 18.0. The number of carboxylic acid groups (broad SMARTS) is 1. The van der Waals surface area contributed by atoms with Crippen LogP contribution < -0.4 is 0 Å². The van der Waals surface area contributed by atoms with Gasteiger partial charge in [-0.2, -0.15) is 0 Å². The number of aliphatic carboxylic acids is 1. The molecular weight excluding hydrogens is 347 g/mol. The van der Waals surface area contributed by atoms with Crippen LogP contribution in [0.5, 0.6) is 0 Å². The van der Waals surface area contributed by atoms with Gasteiger partial charge in [-0.25, -0.2) is 4.39 Å². The Labute approximate surface area is 151 Å². The minimum Gasteiger partial charge on any atom is -0.481 e. The van der Waals surface area contributed by atoms with Gasteiger partial charge < -0.3 is 10.0 Å². The maximum absolute atomic E-state index is 13.6. The molecule has 1 N–H and O–H groups in total. The number of carboxylic acids is 1. The van der Waals surface area contributed by atoms with Crippen molar-refractivity contribution in [3.8, 4) is 0 Å². The SMILES string of the molecule is O=C(O)[C@H]1CCCN(C2CCN(C(=O)c3ccc(Cl)c(F)c3)CC2)C1. The van der Waals surface area contributed by atoms with Gasteiger partial charge in [0.15, 0.2) is 0 Å². The topological polar surface area (TPSA) is 60.9 Å². The van der Waals surface area contributed by atoms with Crippen LogP contribution in [0.4, 0.5) is 4.39 Å². The second-order valence-electron chi connectivity index (χ2n) is 6.82. The zero-order valence-corrected chi connectivity index (χ0v) is 14.7. The number of rotatable bonds is 3. The van der Waals surface area contributed by atoms with Crippen LogP contribution in [0.3, 0.4) is 0 Å². The molecule has 1 atom stereocenters. The van der Waals surface area contributed by atoms with E-state index in [9.17, 15) is 19.1 Å². The largest absolute Gasteiger partial charge is 0.481 e. The molecule has 25 heavy (non-hydrogen) atoms. The molecule has 1 aromatic carbocycles. The Kier molecular flexibility index (Phi) is 5.59. The van der Waals surface area contributed by atoms with Crippen LogP contribution in [0.2, 0.25) is 5.02 Å². The number of carbonyl (C=O) groups is 2. The van der Waals surface area contributed by atoms with E-state index in [0.29, 0.717) is 31.2 Å². The van der Waals surface area contributed by atoms with E-state index in [1.165, 1.54) is 12.1 Å². The summed E-state index contributed by atoms with van der Waals surface area (Å²) in [5, 5.41) is 9.23. The van der Waals surface area contributed by atoms with E-state index in [4.69, 9.17) is 11.6 Å². The van der Waals surface area contributed by atoms with Gasteiger partial charge >= 0.3 is 5.97 Å². The third-order valence-electron chi connectivity index (χ3n) is 5.24. The first-order chi connectivity index (χ1) is 12.0. The highest BCUT2D eigenvalue weighted by atomic mass is 35.5. The fourth-order valence-corrected chi connectivity index (χ4v) is 3.90. The van der Waals surface area contributed by atoms with Crippen LogP contribution in [-0.2, 0) is 4.79 Å². The van der Waals surface area contributed by atoms with Crippen molar-refractivity contribution in [2.24, 2.45) is 5.92 Å². The maximum atomic E-state index is 13.6. The molecule has 136 valence electrons. The van der Waals surface area contributed by atoms with Gasteiger partial charge in [0.2, 0.25) is 0 Å². The third-order valence-corrected chi connectivity index (χ3v) is 5.54. The van der Waals surface area contributed by atoms with Crippen LogP contribution >= 0.6 is 11.6 Å². The fourth-order valence-electron chi connectivity index (χ4n) is 3.79. The molecule has 0 aromatic heterocycles. The summed E-state index contributed by atoms with van der Waals surface area (Å²) in [6.45, 7) is 2.71. The molecule has 2 aliphatic heterocycles. The molecule has 0 spiro atoms. The van der Waals surface area contributed by atoms with E-state index < -0.39 is 11.8 Å². The van der Waals surface area contributed by atoms with Gasteiger partial charge in [-0.15, -0.1) is 0 Å². The maximum Gasteiger partial charge on any atom is 0.307 e. The first-order valence-corrected chi connectivity index (χ1v) is 9.04. The number of piperidine rings is 2. The van der Waals surface area contributed by atoms with Gasteiger partial charge in [0, 0.05) is 31.2 Å². The molecule has 3 rings (SSSR count). The Morgan fingerprint density at radius 2 is 1.88 bits per heavy atom. The van der Waals surface area contributed by atoms with Crippen molar-refractivity contribution in [2.45, 2.75) is 31.7 Å². The Bertz CT molecular complexity index is 662. The van der Waals surface area contributed by atoms with E-state index in [0.717, 1.165) is 32.2 Å². The molecule has 2 aliphatic rings. The molecule has 0 unspecified atom stereocenters. The van der Waals surface area contributed by atoms with Crippen molar-refractivity contribution in [2.75, 3.05) is 26.2 Å². The van der Waals surface area contributed by atoms with Crippen LogP contribution in [0.1, 0.15) is 36.0 Å². The van der Waals surface area contributed by atoms with E-state index >= 15 is 0 Å². The summed E-state index contributed by atoms with van der Waals surface area (Å²) in [4.78, 5) is 27.7. The summed E-state index contributed by atoms with van der Waals surface area (Å²) >= 11 is 5.66. The molecule has 0 saturated carbocycles. The highest BCUT2D eigenvalue weighted by molar-refractivity contribution is 6.30. The van der Waals surface area contributed by atoms with E-state index in [2.05, 4.69) is 4.90 Å². The first-order valence-electron chi connectivity index (χ1n) is 8.67. The first kappa shape index (κ1) is 18.1. The van der Waals surface area contributed by atoms with Gasteiger partial charge in [0.1, 0.15) is 5.82 Å². The number of benzene rings is 1. The minimum absolute atomic E-state index is 0.00772. The van der Waals surface area contributed by atoms with Crippen LogP contribution in [0.15, 0.2) is 18.2 Å². The van der Waals surface area contributed by atoms with Crippen LogP contribution in [0, 0.1) is 11.7 Å². The number of halogens is 2. The van der Waals surface area contributed by atoms with Crippen molar-refractivity contribution in [3.63, 3.8) is 0 Å². The zero-order valence-electron chi connectivity index (χ0n) is 14.0. The van der Waals surface area contributed by atoms with Gasteiger partial charge in [-0.05, 0) is 50.4 Å². The Morgan fingerprint density at radius 3 is 2.52 bits per heavy atom. The lowest BCUT2D eigenvalue weighted by molar-refractivity contribution is -0.144. The molecule has 7 heteroatoms. The van der Waals surface area contributed by atoms with Crippen molar-refractivity contribution in [1.82, 2.24) is 9.80 Å². The molecular formula is C18H22ClFN2O3. The quantitative estimate of drug-likeness (QED) is 0.891. The van der Waals surface area contributed by atoms with Gasteiger partial charge in [-0.1, -0.05) is 11.6 Å². The predicted octanol–water partition coefficient (Wildman–Crippen LogP) is 2.88. The Balaban J connectivity index is 1.57. The summed E-state index contributed by atoms with van der Waals surface area (Å²) in [5.41, 5.74) is 0.310. The van der Waals surface area contributed by atoms with Gasteiger partial charge in [0.05, 0.1) is 10.9 Å². The summed E-state index contributed by atoms with van der Waals surface area (Å²) in [5.74, 6) is -1.78. The summed E-state index contributed by atoms with van der Waals surface area (Å²) < 4.78 is 13.6. The highest BCUT2D eigenvalue weighted by Gasteiger charge is 2.32. The predicted molar refractivity (Wildman–Crippen MR) is 92.3 cm³/mol. The summed E-state index contributed by atoms with van der Waals surface area (Å²) in [7, 11) is 0. The second-order valence-corrected chi connectivity index (χ2v) is 7.23. The number of carbonyl (C=O) groups excluding carboxylic acids is 1. The van der Waals surface area contributed by atoms with E-state index in [-0.39, 0.29) is 16.8 Å². The number of hydrogen-bond donors (Lipinski definition) is 1. The molecule has 5 nitrogen and oxygen atoms in total. The lowest BCUT2D eigenvalue weighted by atomic mass is 9.94. The fraction of sp³-hybridized carbons (Fsp3) is 0.556. The molecule has 1 amide bonds. The Hall–Kier alpha value is -1.66. The smallest absolute Gasteiger partial charge is 0.307 e. The van der Waals surface area contributed by atoms with Crippen molar-refractivity contribution < 1.29 is 19.1 Å². The van der Waals surface area contributed by atoms with Crippen molar-refractivity contribution >= 4 is 23.5 Å².